The number of nitrogens with one attached hydrogen (secondary N) is 1. The molecule has 1 amide bonds. The van der Waals surface area contributed by atoms with Crippen molar-refractivity contribution in [3.63, 3.8) is 0 Å². The summed E-state index contributed by atoms with van der Waals surface area (Å²) in [6.07, 6.45) is 1.39. The molecule has 3 N–H and O–H groups in total. The van der Waals surface area contributed by atoms with E-state index < -0.39 is 5.60 Å². The molecule has 0 aromatic heterocycles. The highest BCUT2D eigenvalue weighted by Crippen LogP contribution is 2.17. The van der Waals surface area contributed by atoms with Crippen molar-refractivity contribution >= 4 is 5.91 Å². The number of para-hydroxylation sites is 1. The lowest BCUT2D eigenvalue weighted by atomic mass is 10.0. The lowest BCUT2D eigenvalue weighted by Crippen LogP contribution is -2.40. The summed E-state index contributed by atoms with van der Waals surface area (Å²) in [5, 5.41) is 22.0. The largest absolute Gasteiger partial charge is 0.508 e. The first-order chi connectivity index (χ1) is 8.44. The molecule has 0 spiro atoms. The van der Waals surface area contributed by atoms with Gasteiger partial charge >= 0.3 is 0 Å². The third-order valence-electron chi connectivity index (χ3n) is 3.04. The molecular formula is C14H21NO3. The topological polar surface area (TPSA) is 69.6 Å². The van der Waals surface area contributed by atoms with Crippen LogP contribution in [0.25, 0.3) is 0 Å². The number of amides is 1. The number of aliphatic hydroxyl groups is 1. The van der Waals surface area contributed by atoms with E-state index in [4.69, 9.17) is 0 Å². The highest BCUT2D eigenvalue weighted by atomic mass is 16.3. The van der Waals surface area contributed by atoms with Crippen LogP contribution in [0, 0.1) is 0 Å². The Morgan fingerprint density at radius 2 is 2.06 bits per heavy atom. The van der Waals surface area contributed by atoms with Crippen LogP contribution in [0.15, 0.2) is 24.3 Å². The molecule has 0 radical (unpaired) electrons. The zero-order valence-corrected chi connectivity index (χ0v) is 10.9. The number of benzene rings is 1. The molecule has 0 saturated heterocycles. The summed E-state index contributed by atoms with van der Waals surface area (Å²) in [7, 11) is 0. The summed E-state index contributed by atoms with van der Waals surface area (Å²) in [5.74, 6) is 0.0952. The summed E-state index contributed by atoms with van der Waals surface area (Å²) >= 11 is 0. The van der Waals surface area contributed by atoms with E-state index in [1.54, 1.807) is 25.1 Å². The molecule has 100 valence electrons. The normalized spacial score (nSPS) is 13.9. The Balaban J connectivity index is 2.36. The van der Waals surface area contributed by atoms with E-state index in [0.717, 1.165) is 5.56 Å². The number of aromatic hydroxyl groups is 1. The number of carbonyl (C=O) groups is 1. The third kappa shape index (κ3) is 4.75. The van der Waals surface area contributed by atoms with Gasteiger partial charge in [0.05, 0.1) is 5.60 Å². The predicted octanol–water partition coefficient (Wildman–Crippen LogP) is 1.60. The standard InChI is InChI=1S/C14H21NO3/c1-3-14(2,18)10-15-13(17)9-8-11-6-4-5-7-12(11)16/h4-7,16,18H,3,8-10H2,1-2H3,(H,15,17). The number of phenolic OH excluding ortho intramolecular Hbond substituents is 1. The van der Waals surface area contributed by atoms with Crippen LogP contribution in [0.5, 0.6) is 5.75 Å². The minimum Gasteiger partial charge on any atom is -0.508 e. The molecule has 4 heteroatoms. The molecule has 1 aromatic carbocycles. The van der Waals surface area contributed by atoms with Crippen LogP contribution in [0.2, 0.25) is 0 Å². The Kier molecular flexibility index (Phi) is 5.16. The summed E-state index contributed by atoms with van der Waals surface area (Å²) in [5.41, 5.74) is -0.0974. The third-order valence-corrected chi connectivity index (χ3v) is 3.04. The van der Waals surface area contributed by atoms with Gasteiger partial charge in [-0.1, -0.05) is 25.1 Å². The summed E-state index contributed by atoms with van der Waals surface area (Å²) in [4.78, 5) is 11.6. The minimum atomic E-state index is -0.857. The maximum Gasteiger partial charge on any atom is 0.220 e. The van der Waals surface area contributed by atoms with Gasteiger partial charge < -0.3 is 15.5 Å². The second kappa shape index (κ2) is 6.40. The van der Waals surface area contributed by atoms with Gasteiger partial charge in [-0.25, -0.2) is 0 Å². The SMILES string of the molecule is CCC(C)(O)CNC(=O)CCc1ccccc1O. The molecule has 0 aliphatic rings. The van der Waals surface area contributed by atoms with Gasteiger partial charge in [0.2, 0.25) is 5.91 Å². The van der Waals surface area contributed by atoms with Crippen LogP contribution in [-0.4, -0.2) is 28.3 Å². The van der Waals surface area contributed by atoms with Gasteiger partial charge in [0.25, 0.3) is 0 Å². The summed E-state index contributed by atoms with van der Waals surface area (Å²) < 4.78 is 0. The molecule has 0 fully saturated rings. The van der Waals surface area contributed by atoms with Gasteiger partial charge in [0, 0.05) is 13.0 Å². The highest BCUT2D eigenvalue weighted by molar-refractivity contribution is 5.76. The first-order valence-corrected chi connectivity index (χ1v) is 6.20. The van der Waals surface area contributed by atoms with Crippen LogP contribution in [0.3, 0.4) is 0 Å². The van der Waals surface area contributed by atoms with Crippen LogP contribution < -0.4 is 5.32 Å². The molecule has 18 heavy (non-hydrogen) atoms. The molecule has 1 unspecified atom stereocenters. The smallest absolute Gasteiger partial charge is 0.220 e. The Morgan fingerprint density at radius 1 is 1.39 bits per heavy atom. The molecule has 1 rings (SSSR count). The Morgan fingerprint density at radius 3 is 2.67 bits per heavy atom. The van der Waals surface area contributed by atoms with Crippen LogP contribution in [0.4, 0.5) is 0 Å². The molecule has 1 atom stereocenters. The fourth-order valence-electron chi connectivity index (χ4n) is 1.47. The van der Waals surface area contributed by atoms with Gasteiger partial charge in [-0.3, -0.25) is 4.79 Å². The van der Waals surface area contributed by atoms with Crippen molar-refractivity contribution in [2.75, 3.05) is 6.54 Å². The van der Waals surface area contributed by atoms with Crippen molar-refractivity contribution in [3.05, 3.63) is 29.8 Å². The van der Waals surface area contributed by atoms with E-state index in [1.165, 1.54) is 0 Å². The lowest BCUT2D eigenvalue weighted by molar-refractivity contribution is -0.122. The molecule has 0 bridgehead atoms. The predicted molar refractivity (Wildman–Crippen MR) is 70.4 cm³/mol. The van der Waals surface area contributed by atoms with E-state index in [-0.39, 0.29) is 18.2 Å². The molecule has 0 aliphatic carbocycles. The molecular weight excluding hydrogens is 230 g/mol. The van der Waals surface area contributed by atoms with E-state index in [2.05, 4.69) is 5.32 Å². The van der Waals surface area contributed by atoms with Gasteiger partial charge in [0.15, 0.2) is 0 Å². The molecule has 0 saturated carbocycles. The van der Waals surface area contributed by atoms with Crippen LogP contribution in [0.1, 0.15) is 32.3 Å². The monoisotopic (exact) mass is 251 g/mol. The Bertz CT molecular complexity index is 402. The summed E-state index contributed by atoms with van der Waals surface area (Å²) in [6.45, 7) is 3.81. The average molecular weight is 251 g/mol. The van der Waals surface area contributed by atoms with Crippen molar-refractivity contribution in [1.82, 2.24) is 5.32 Å². The first kappa shape index (κ1) is 14.5. The Hall–Kier alpha value is -1.55. The zero-order valence-electron chi connectivity index (χ0n) is 10.9. The quantitative estimate of drug-likeness (QED) is 0.719. The van der Waals surface area contributed by atoms with E-state index in [0.29, 0.717) is 19.3 Å². The number of hydrogen-bond donors (Lipinski definition) is 3. The second-order valence-corrected chi connectivity index (χ2v) is 4.76. The van der Waals surface area contributed by atoms with Crippen LogP contribution in [-0.2, 0) is 11.2 Å². The molecule has 0 heterocycles. The van der Waals surface area contributed by atoms with Gasteiger partial charge in [-0.15, -0.1) is 0 Å². The Labute approximate surface area is 108 Å². The van der Waals surface area contributed by atoms with Gasteiger partial charge in [0.1, 0.15) is 5.75 Å². The van der Waals surface area contributed by atoms with Crippen molar-refractivity contribution in [1.29, 1.82) is 0 Å². The van der Waals surface area contributed by atoms with Crippen molar-refractivity contribution < 1.29 is 15.0 Å². The second-order valence-electron chi connectivity index (χ2n) is 4.76. The molecule has 1 aromatic rings. The first-order valence-electron chi connectivity index (χ1n) is 6.20. The number of rotatable bonds is 6. The maximum atomic E-state index is 11.6. The van der Waals surface area contributed by atoms with Crippen molar-refractivity contribution in [2.45, 2.75) is 38.7 Å². The number of carbonyl (C=O) groups excluding carboxylic acids is 1. The minimum absolute atomic E-state index is 0.119. The van der Waals surface area contributed by atoms with E-state index in [1.807, 2.05) is 13.0 Å². The lowest BCUT2D eigenvalue weighted by Gasteiger charge is -2.21. The maximum absolute atomic E-state index is 11.6. The van der Waals surface area contributed by atoms with Crippen LogP contribution >= 0.6 is 0 Å². The van der Waals surface area contributed by atoms with Crippen molar-refractivity contribution in [3.8, 4) is 5.75 Å². The number of hydrogen-bond acceptors (Lipinski definition) is 3. The van der Waals surface area contributed by atoms with Gasteiger partial charge in [-0.2, -0.15) is 0 Å². The average Bonchev–Trinajstić information content (AvgIpc) is 2.35. The fourth-order valence-corrected chi connectivity index (χ4v) is 1.47. The van der Waals surface area contributed by atoms with E-state index >= 15 is 0 Å². The number of aryl methyl sites for hydroxylation is 1. The number of phenols is 1. The highest BCUT2D eigenvalue weighted by Gasteiger charge is 2.18. The molecule has 0 aliphatic heterocycles. The fraction of sp³-hybridized carbons (Fsp3) is 0.500. The van der Waals surface area contributed by atoms with E-state index in [9.17, 15) is 15.0 Å². The van der Waals surface area contributed by atoms with Crippen molar-refractivity contribution in [2.24, 2.45) is 0 Å². The zero-order chi connectivity index (χ0) is 13.6. The summed E-state index contributed by atoms with van der Waals surface area (Å²) in [6, 6.07) is 6.98. The molecule has 4 nitrogen and oxygen atoms in total. The van der Waals surface area contributed by atoms with Gasteiger partial charge in [-0.05, 0) is 31.4 Å².